The maximum atomic E-state index is 11.8. The molecule has 0 bridgehead atoms. The summed E-state index contributed by atoms with van der Waals surface area (Å²) < 4.78 is 5.68. The smallest absolute Gasteiger partial charge is 0.323 e. The molecule has 2 aliphatic rings. The second-order valence-corrected chi connectivity index (χ2v) is 6.69. The van der Waals surface area contributed by atoms with Gasteiger partial charge in [0.25, 0.3) is 0 Å². The van der Waals surface area contributed by atoms with Gasteiger partial charge in [-0.15, -0.1) is 0 Å². The van der Waals surface area contributed by atoms with Crippen molar-refractivity contribution >= 4 is 41.0 Å². The van der Waals surface area contributed by atoms with E-state index in [0.29, 0.717) is 35.4 Å². The van der Waals surface area contributed by atoms with Crippen LogP contribution in [0, 0.1) is 0 Å². The molecule has 0 aliphatic carbocycles. The highest BCUT2D eigenvalue weighted by Gasteiger charge is 2.30. The Morgan fingerprint density at radius 2 is 2.19 bits per heavy atom. The van der Waals surface area contributed by atoms with E-state index in [1.54, 1.807) is 17.0 Å². The molecule has 10 heteroatoms. The Bertz CT molecular complexity index is 826. The number of carbonyl (C=O) groups excluding carboxylic acids is 2. The lowest BCUT2D eigenvalue weighted by Gasteiger charge is -2.24. The van der Waals surface area contributed by atoms with E-state index in [4.69, 9.17) is 21.4 Å². The van der Waals surface area contributed by atoms with Crippen LogP contribution in [0.15, 0.2) is 17.1 Å². The highest BCUT2D eigenvalue weighted by Crippen LogP contribution is 2.38. The number of aliphatic imine (C=N–C) groups is 1. The van der Waals surface area contributed by atoms with E-state index in [2.05, 4.69) is 10.3 Å². The number of fused-ring (bicyclic) bond motifs is 2. The first kappa shape index (κ1) is 19.0. The van der Waals surface area contributed by atoms with Gasteiger partial charge in [-0.2, -0.15) is 0 Å². The number of hydrogen-bond acceptors (Lipinski definition) is 6. The van der Waals surface area contributed by atoms with Crippen molar-refractivity contribution < 1.29 is 24.2 Å². The average molecular weight is 395 g/mol. The minimum atomic E-state index is -1.05. The normalized spacial score (nSPS) is 14.8. The van der Waals surface area contributed by atoms with Crippen molar-refractivity contribution in [2.45, 2.75) is 19.4 Å². The summed E-state index contributed by atoms with van der Waals surface area (Å²) in [5.41, 5.74) is 1.47. The molecule has 3 rings (SSSR count). The predicted molar refractivity (Wildman–Crippen MR) is 97.1 cm³/mol. The van der Waals surface area contributed by atoms with E-state index in [-0.39, 0.29) is 37.9 Å². The largest absolute Gasteiger partial charge is 0.492 e. The molecule has 1 saturated heterocycles. The van der Waals surface area contributed by atoms with Gasteiger partial charge in [0.1, 0.15) is 18.8 Å². The van der Waals surface area contributed by atoms with Crippen LogP contribution in [0.2, 0.25) is 5.02 Å². The molecule has 2 amide bonds. The van der Waals surface area contributed by atoms with Crippen LogP contribution in [0.4, 0.5) is 5.69 Å². The number of hydrogen-bond donors (Lipinski definition) is 2. The molecule has 2 heterocycles. The van der Waals surface area contributed by atoms with E-state index < -0.39 is 5.97 Å². The molecule has 0 spiro atoms. The van der Waals surface area contributed by atoms with Crippen molar-refractivity contribution in [3.63, 3.8) is 0 Å². The predicted octanol–water partition coefficient (Wildman–Crippen LogP) is 0.975. The number of guanidine groups is 1. The Hall–Kier alpha value is -2.81. The number of halogens is 1. The van der Waals surface area contributed by atoms with Gasteiger partial charge in [0.15, 0.2) is 0 Å². The minimum absolute atomic E-state index is 0.105. The monoisotopic (exact) mass is 394 g/mol. The van der Waals surface area contributed by atoms with Crippen molar-refractivity contribution in [3.05, 3.63) is 22.7 Å². The highest BCUT2D eigenvalue weighted by atomic mass is 35.5. The molecular formula is C17H19ClN4O5. The molecule has 144 valence electrons. The standard InChI is InChI=1S/C17H19ClN4O5/c1-21(9-15(25)26)14(24)3-2-6-27-12-5-4-11-10(16(12)18)7-22-8-13(23)20-17(22)19-11/h4-5H,2-3,6-9H2,1H3,(H,25,26)(H,19,20,23). The lowest BCUT2D eigenvalue weighted by molar-refractivity contribution is -0.143. The van der Waals surface area contributed by atoms with Gasteiger partial charge in [0, 0.05) is 19.0 Å². The fraction of sp³-hybridized carbons (Fsp3) is 0.412. The fourth-order valence-electron chi connectivity index (χ4n) is 2.87. The van der Waals surface area contributed by atoms with Gasteiger partial charge in [-0.1, -0.05) is 11.6 Å². The number of amides is 2. The van der Waals surface area contributed by atoms with E-state index in [1.807, 2.05) is 0 Å². The molecule has 2 aliphatic heterocycles. The van der Waals surface area contributed by atoms with Crippen molar-refractivity contribution in [1.29, 1.82) is 0 Å². The zero-order valence-corrected chi connectivity index (χ0v) is 15.5. The first-order chi connectivity index (χ1) is 12.8. The summed E-state index contributed by atoms with van der Waals surface area (Å²) >= 11 is 6.44. The summed E-state index contributed by atoms with van der Waals surface area (Å²) in [6, 6.07) is 3.48. The molecule has 1 aromatic carbocycles. The first-order valence-electron chi connectivity index (χ1n) is 8.38. The van der Waals surface area contributed by atoms with Crippen LogP contribution in [0.3, 0.4) is 0 Å². The SMILES string of the molecule is CN(CC(=O)O)C(=O)CCCOc1ccc2c(c1Cl)CN1CC(=O)NC1=N2. The van der Waals surface area contributed by atoms with Crippen LogP contribution >= 0.6 is 11.6 Å². The Morgan fingerprint density at radius 3 is 2.93 bits per heavy atom. The Balaban J connectivity index is 1.56. The van der Waals surface area contributed by atoms with Gasteiger partial charge < -0.3 is 19.6 Å². The third kappa shape index (κ3) is 4.30. The van der Waals surface area contributed by atoms with E-state index in [9.17, 15) is 14.4 Å². The van der Waals surface area contributed by atoms with Crippen molar-refractivity contribution in [2.75, 3.05) is 26.7 Å². The summed E-state index contributed by atoms with van der Waals surface area (Å²) in [5, 5.41) is 11.8. The van der Waals surface area contributed by atoms with Gasteiger partial charge in [0.05, 0.1) is 23.9 Å². The Labute approximate surface area is 160 Å². The summed E-state index contributed by atoms with van der Waals surface area (Å²) in [5.74, 6) is -0.402. The Kier molecular flexibility index (Phi) is 5.50. The summed E-state index contributed by atoms with van der Waals surface area (Å²) in [7, 11) is 1.45. The maximum absolute atomic E-state index is 11.8. The van der Waals surface area contributed by atoms with Gasteiger partial charge >= 0.3 is 5.97 Å². The topological polar surface area (TPSA) is 112 Å². The second-order valence-electron chi connectivity index (χ2n) is 6.31. The number of rotatable bonds is 7. The fourth-order valence-corrected chi connectivity index (χ4v) is 3.14. The third-order valence-electron chi connectivity index (χ3n) is 4.23. The zero-order chi connectivity index (χ0) is 19.6. The summed E-state index contributed by atoms with van der Waals surface area (Å²) in [6.45, 7) is 0.642. The highest BCUT2D eigenvalue weighted by molar-refractivity contribution is 6.33. The molecule has 9 nitrogen and oxygen atoms in total. The van der Waals surface area contributed by atoms with E-state index in [0.717, 1.165) is 10.5 Å². The quantitative estimate of drug-likeness (QED) is 0.667. The van der Waals surface area contributed by atoms with Crippen LogP contribution in [0.25, 0.3) is 0 Å². The molecule has 27 heavy (non-hydrogen) atoms. The van der Waals surface area contributed by atoms with Crippen LogP contribution < -0.4 is 10.1 Å². The van der Waals surface area contributed by atoms with Crippen LogP contribution in [-0.2, 0) is 20.9 Å². The van der Waals surface area contributed by atoms with E-state index in [1.165, 1.54) is 7.05 Å². The third-order valence-corrected chi connectivity index (χ3v) is 4.65. The number of carbonyl (C=O) groups is 3. The van der Waals surface area contributed by atoms with Gasteiger partial charge in [0.2, 0.25) is 17.8 Å². The Morgan fingerprint density at radius 1 is 1.41 bits per heavy atom. The molecule has 1 aromatic rings. The van der Waals surface area contributed by atoms with Gasteiger partial charge in [-0.3, -0.25) is 19.7 Å². The number of carboxylic acids is 1. The number of likely N-dealkylation sites (N-methyl/N-ethyl adjacent to an activating group) is 1. The molecule has 0 unspecified atom stereocenters. The number of benzene rings is 1. The molecule has 1 fully saturated rings. The summed E-state index contributed by atoms with van der Waals surface area (Å²) in [4.78, 5) is 41.3. The zero-order valence-electron chi connectivity index (χ0n) is 14.7. The molecule has 0 saturated carbocycles. The second kappa shape index (κ2) is 7.83. The van der Waals surface area contributed by atoms with E-state index >= 15 is 0 Å². The molecule has 2 N–H and O–H groups in total. The van der Waals surface area contributed by atoms with Crippen molar-refractivity contribution in [1.82, 2.24) is 15.1 Å². The van der Waals surface area contributed by atoms with Gasteiger partial charge in [-0.05, 0) is 18.6 Å². The minimum Gasteiger partial charge on any atom is -0.492 e. The maximum Gasteiger partial charge on any atom is 0.323 e. The lowest BCUT2D eigenvalue weighted by Crippen LogP contribution is -2.32. The first-order valence-corrected chi connectivity index (χ1v) is 8.76. The van der Waals surface area contributed by atoms with Crippen molar-refractivity contribution in [3.8, 4) is 5.75 Å². The molecule has 0 atom stereocenters. The number of nitrogens with zero attached hydrogens (tertiary/aromatic N) is 3. The molecular weight excluding hydrogens is 376 g/mol. The summed E-state index contributed by atoms with van der Waals surface area (Å²) in [6.07, 6.45) is 0.616. The average Bonchev–Trinajstić information content (AvgIpc) is 2.97. The number of carboxylic acid groups (broad SMARTS) is 1. The number of nitrogens with one attached hydrogen (secondary N) is 1. The van der Waals surface area contributed by atoms with Gasteiger partial charge in [-0.25, -0.2) is 4.99 Å². The van der Waals surface area contributed by atoms with Crippen LogP contribution in [0.5, 0.6) is 5.75 Å². The number of aliphatic carboxylic acids is 1. The van der Waals surface area contributed by atoms with Crippen molar-refractivity contribution in [2.24, 2.45) is 4.99 Å². The lowest BCUT2D eigenvalue weighted by atomic mass is 10.1. The molecule has 0 aromatic heterocycles. The molecule has 0 radical (unpaired) electrons. The number of ether oxygens (including phenoxy) is 1. The van der Waals surface area contributed by atoms with Crippen LogP contribution in [-0.4, -0.2) is 65.4 Å². The van der Waals surface area contributed by atoms with Crippen LogP contribution in [0.1, 0.15) is 18.4 Å².